The summed E-state index contributed by atoms with van der Waals surface area (Å²) in [4.78, 5) is 0. The van der Waals surface area contributed by atoms with Gasteiger partial charge in [-0.25, -0.2) is 0 Å². The molecule has 0 N–H and O–H groups in total. The van der Waals surface area contributed by atoms with Gasteiger partial charge in [-0.15, -0.1) is 0 Å². The summed E-state index contributed by atoms with van der Waals surface area (Å²) in [5.74, 6) is 13.2. The molecule has 1 nitrogen and oxygen atoms in total. The smallest absolute Gasteiger partial charge is 0.119 e. The Morgan fingerprint density at radius 2 is 1.30 bits per heavy atom. The van der Waals surface area contributed by atoms with Crippen LogP contribution in [0.25, 0.3) is 0 Å². The first-order valence-electron chi connectivity index (χ1n) is 9.81. The fraction of sp³-hybridized carbons (Fsp3) is 0.308. The fourth-order valence-corrected chi connectivity index (χ4v) is 2.44. The van der Waals surface area contributed by atoms with Crippen LogP contribution in [0.1, 0.15) is 56.2 Å². The van der Waals surface area contributed by atoms with Gasteiger partial charge in [-0.3, -0.25) is 0 Å². The maximum absolute atomic E-state index is 5.65. The molecule has 0 aromatic heterocycles. The van der Waals surface area contributed by atoms with Crippen molar-refractivity contribution in [1.29, 1.82) is 0 Å². The minimum absolute atomic E-state index is 0.768. The minimum Gasteiger partial charge on any atom is -0.494 e. The molecule has 1 heteroatoms. The molecule has 0 atom stereocenters. The molecule has 2 aromatic carbocycles. The molecule has 0 unspecified atom stereocenters. The van der Waals surface area contributed by atoms with E-state index in [-0.39, 0.29) is 0 Å². The second-order valence-electron chi connectivity index (χ2n) is 6.40. The van der Waals surface area contributed by atoms with E-state index in [0.29, 0.717) is 0 Å². The van der Waals surface area contributed by atoms with E-state index < -0.39 is 0 Å². The standard InChI is InChI=1S/C26H28O/c1-3-5-11-23-14-16-24(17-15-23)12-9-7-8-10-13-25-18-20-26(21-19-25)27-22-6-4-2/h7-8,14-21H,3-6,11,22H2,1-2H3/b8-7+. The van der Waals surface area contributed by atoms with Gasteiger partial charge < -0.3 is 4.74 Å². The third-order valence-electron chi connectivity index (χ3n) is 4.08. The van der Waals surface area contributed by atoms with Crippen LogP contribution in [0.3, 0.4) is 0 Å². The average molecular weight is 357 g/mol. The molecule has 27 heavy (non-hydrogen) atoms. The number of unbranched alkanes of at least 4 members (excludes halogenated alkanes) is 2. The monoisotopic (exact) mass is 356 g/mol. The molecule has 2 aromatic rings. The highest BCUT2D eigenvalue weighted by Crippen LogP contribution is 2.12. The predicted octanol–water partition coefficient (Wildman–Crippen LogP) is 6.17. The number of allylic oxidation sites excluding steroid dienone is 2. The van der Waals surface area contributed by atoms with E-state index in [9.17, 15) is 0 Å². The molecule has 0 saturated heterocycles. The molecule has 0 aliphatic rings. The Kier molecular flexibility index (Phi) is 9.41. The lowest BCUT2D eigenvalue weighted by Gasteiger charge is -2.04. The Bertz CT molecular complexity index is 818. The number of ether oxygens (including phenoxy) is 1. The van der Waals surface area contributed by atoms with Crippen molar-refractivity contribution in [3.05, 3.63) is 77.4 Å². The first kappa shape index (κ1) is 20.4. The van der Waals surface area contributed by atoms with Crippen molar-refractivity contribution < 1.29 is 4.74 Å². The first-order chi connectivity index (χ1) is 13.3. The normalized spacial score (nSPS) is 10.0. The van der Waals surface area contributed by atoms with Crippen LogP contribution in [-0.4, -0.2) is 6.61 Å². The van der Waals surface area contributed by atoms with Crippen LogP contribution in [0.4, 0.5) is 0 Å². The zero-order chi connectivity index (χ0) is 19.2. The Balaban J connectivity index is 1.82. The topological polar surface area (TPSA) is 9.23 Å². The highest BCUT2D eigenvalue weighted by molar-refractivity contribution is 5.42. The third-order valence-corrected chi connectivity index (χ3v) is 4.08. The van der Waals surface area contributed by atoms with Crippen LogP contribution < -0.4 is 4.74 Å². The summed E-state index contributed by atoms with van der Waals surface area (Å²) in [5, 5.41) is 0. The summed E-state index contributed by atoms with van der Waals surface area (Å²) in [6, 6.07) is 16.4. The molecule has 0 saturated carbocycles. The molecular weight excluding hydrogens is 328 g/mol. The van der Waals surface area contributed by atoms with E-state index in [0.717, 1.165) is 42.7 Å². The van der Waals surface area contributed by atoms with E-state index in [2.05, 4.69) is 61.8 Å². The summed E-state index contributed by atoms with van der Waals surface area (Å²) in [6.07, 6.45) is 9.41. The summed E-state index contributed by atoms with van der Waals surface area (Å²) in [5.41, 5.74) is 3.38. The second kappa shape index (κ2) is 12.5. The summed E-state index contributed by atoms with van der Waals surface area (Å²) in [7, 11) is 0. The van der Waals surface area contributed by atoms with Crippen molar-refractivity contribution in [2.75, 3.05) is 6.61 Å². The van der Waals surface area contributed by atoms with Crippen molar-refractivity contribution in [2.24, 2.45) is 0 Å². The van der Waals surface area contributed by atoms with Gasteiger partial charge in [0, 0.05) is 11.1 Å². The molecule has 0 radical (unpaired) electrons. The fourth-order valence-electron chi connectivity index (χ4n) is 2.44. The highest BCUT2D eigenvalue weighted by atomic mass is 16.5. The number of benzene rings is 2. The van der Waals surface area contributed by atoms with E-state index in [1.54, 1.807) is 12.2 Å². The van der Waals surface area contributed by atoms with Crippen LogP contribution in [-0.2, 0) is 6.42 Å². The van der Waals surface area contributed by atoms with Crippen LogP contribution in [0, 0.1) is 23.7 Å². The molecule has 138 valence electrons. The Labute approximate surface area is 164 Å². The Morgan fingerprint density at radius 1 is 0.741 bits per heavy atom. The molecule has 0 amide bonds. The maximum atomic E-state index is 5.65. The lowest BCUT2D eigenvalue weighted by Crippen LogP contribution is -1.95. The molecule has 0 fully saturated rings. The average Bonchev–Trinajstić information content (AvgIpc) is 2.71. The molecule has 0 bridgehead atoms. The van der Waals surface area contributed by atoms with Gasteiger partial charge in [0.15, 0.2) is 0 Å². The quantitative estimate of drug-likeness (QED) is 0.426. The summed E-state index contributed by atoms with van der Waals surface area (Å²) >= 11 is 0. The molecular formula is C26H28O. The van der Waals surface area contributed by atoms with Crippen molar-refractivity contribution in [3.8, 4) is 29.4 Å². The lowest BCUT2D eigenvalue weighted by atomic mass is 10.1. The van der Waals surface area contributed by atoms with Crippen LogP contribution in [0.2, 0.25) is 0 Å². The van der Waals surface area contributed by atoms with Gasteiger partial charge in [0.1, 0.15) is 5.75 Å². The predicted molar refractivity (Wildman–Crippen MR) is 115 cm³/mol. The van der Waals surface area contributed by atoms with Crippen molar-refractivity contribution in [2.45, 2.75) is 46.0 Å². The number of hydrogen-bond acceptors (Lipinski definition) is 1. The number of rotatable bonds is 7. The van der Waals surface area contributed by atoms with Gasteiger partial charge in [-0.1, -0.05) is 62.5 Å². The van der Waals surface area contributed by atoms with Crippen LogP contribution in [0.15, 0.2) is 60.7 Å². The van der Waals surface area contributed by atoms with Gasteiger partial charge >= 0.3 is 0 Å². The van der Waals surface area contributed by atoms with E-state index in [1.165, 1.54) is 18.4 Å². The molecule has 2 rings (SSSR count). The number of hydrogen-bond donors (Lipinski definition) is 0. The van der Waals surface area contributed by atoms with E-state index in [1.807, 2.05) is 24.3 Å². The van der Waals surface area contributed by atoms with Crippen molar-refractivity contribution in [1.82, 2.24) is 0 Å². The zero-order valence-electron chi connectivity index (χ0n) is 16.4. The second-order valence-corrected chi connectivity index (χ2v) is 6.40. The van der Waals surface area contributed by atoms with Gasteiger partial charge in [0.2, 0.25) is 0 Å². The van der Waals surface area contributed by atoms with Crippen molar-refractivity contribution in [3.63, 3.8) is 0 Å². The maximum Gasteiger partial charge on any atom is 0.119 e. The Morgan fingerprint density at radius 3 is 1.85 bits per heavy atom. The largest absolute Gasteiger partial charge is 0.494 e. The Hall–Kier alpha value is -2.90. The third kappa shape index (κ3) is 8.35. The lowest BCUT2D eigenvalue weighted by molar-refractivity contribution is 0.309. The molecule has 0 aliphatic heterocycles. The van der Waals surface area contributed by atoms with Gasteiger partial charge in [0.05, 0.1) is 6.61 Å². The molecule has 0 spiro atoms. The molecule has 0 aliphatic carbocycles. The van der Waals surface area contributed by atoms with Crippen LogP contribution >= 0.6 is 0 Å². The SMILES string of the molecule is CCCCOc1ccc(C#C/C=C/C#Cc2ccc(CCCC)cc2)cc1. The van der Waals surface area contributed by atoms with Crippen LogP contribution in [0.5, 0.6) is 5.75 Å². The van der Waals surface area contributed by atoms with E-state index >= 15 is 0 Å². The van der Waals surface area contributed by atoms with E-state index in [4.69, 9.17) is 4.74 Å². The summed E-state index contributed by atoms with van der Waals surface area (Å²) in [6.45, 7) is 5.14. The van der Waals surface area contributed by atoms with Gasteiger partial charge in [-0.05, 0) is 73.4 Å². The number of aryl methyl sites for hydroxylation is 1. The minimum atomic E-state index is 0.768. The molecule has 0 heterocycles. The van der Waals surface area contributed by atoms with Crippen molar-refractivity contribution >= 4 is 0 Å². The highest BCUT2D eigenvalue weighted by Gasteiger charge is 1.93. The summed E-state index contributed by atoms with van der Waals surface area (Å²) < 4.78 is 5.65. The zero-order valence-corrected chi connectivity index (χ0v) is 16.4. The van der Waals surface area contributed by atoms with Gasteiger partial charge in [0.25, 0.3) is 0 Å². The van der Waals surface area contributed by atoms with Gasteiger partial charge in [-0.2, -0.15) is 0 Å². The first-order valence-corrected chi connectivity index (χ1v) is 9.81.